The number of nitrogens with zero attached hydrogens (tertiary/aromatic N) is 5. The molecule has 1 saturated heterocycles. The number of hydrogen-bond donors (Lipinski definition) is 1. The average Bonchev–Trinajstić information content (AvgIpc) is 3.61. The maximum Gasteiger partial charge on any atom is 0.251 e. The Balaban J connectivity index is 1.28. The third kappa shape index (κ3) is 4.48. The van der Waals surface area contributed by atoms with Crippen LogP contribution < -0.4 is 10.2 Å². The molecule has 1 aliphatic carbocycles. The second-order valence-corrected chi connectivity index (χ2v) is 9.37. The molecule has 35 heavy (non-hydrogen) atoms. The van der Waals surface area contributed by atoms with Crippen molar-refractivity contribution in [1.82, 2.24) is 19.5 Å². The van der Waals surface area contributed by atoms with E-state index in [-0.39, 0.29) is 12.8 Å². The Morgan fingerprint density at radius 3 is 2.54 bits per heavy atom. The van der Waals surface area contributed by atoms with E-state index in [1.165, 1.54) is 5.57 Å². The van der Waals surface area contributed by atoms with Crippen molar-refractivity contribution in [2.24, 2.45) is 7.05 Å². The Hall–Kier alpha value is -3.81. The van der Waals surface area contributed by atoms with Crippen molar-refractivity contribution in [2.75, 3.05) is 23.3 Å². The SMILES string of the molecule is Cn1cncc1-c1ccc2cnc(NC(=C3CC3)c3ccnc(N4CCC(F)(F)CC4)c3)cc2c1. The van der Waals surface area contributed by atoms with E-state index >= 15 is 0 Å². The van der Waals surface area contributed by atoms with E-state index in [9.17, 15) is 8.78 Å². The molecule has 6 nitrogen and oxygen atoms in total. The van der Waals surface area contributed by atoms with Crippen molar-refractivity contribution in [3.05, 3.63) is 72.5 Å². The smallest absolute Gasteiger partial charge is 0.251 e. The number of aromatic nitrogens is 4. The number of anilines is 2. The summed E-state index contributed by atoms with van der Waals surface area (Å²) >= 11 is 0. The molecule has 3 aromatic heterocycles. The van der Waals surface area contributed by atoms with Crippen LogP contribution in [0.1, 0.15) is 31.2 Å². The summed E-state index contributed by atoms with van der Waals surface area (Å²) in [5.74, 6) is -1.06. The molecule has 1 N–H and O–H groups in total. The quantitative estimate of drug-likeness (QED) is 0.393. The highest BCUT2D eigenvalue weighted by Crippen LogP contribution is 2.38. The first kappa shape index (κ1) is 21.7. The van der Waals surface area contributed by atoms with Crippen molar-refractivity contribution in [3.8, 4) is 11.3 Å². The van der Waals surface area contributed by atoms with Crippen LogP contribution in [0.2, 0.25) is 0 Å². The van der Waals surface area contributed by atoms with Crippen LogP contribution in [0.3, 0.4) is 0 Å². The van der Waals surface area contributed by atoms with E-state index in [4.69, 9.17) is 0 Å². The van der Waals surface area contributed by atoms with Crippen LogP contribution in [-0.4, -0.2) is 38.5 Å². The van der Waals surface area contributed by atoms with Gasteiger partial charge in [-0.2, -0.15) is 0 Å². The minimum absolute atomic E-state index is 0.132. The zero-order valence-corrected chi connectivity index (χ0v) is 19.5. The average molecular weight is 473 g/mol. The van der Waals surface area contributed by atoms with E-state index in [2.05, 4.69) is 44.5 Å². The van der Waals surface area contributed by atoms with Crippen LogP contribution in [0, 0.1) is 0 Å². The first-order valence-electron chi connectivity index (χ1n) is 11.9. The number of allylic oxidation sites excluding steroid dienone is 1. The van der Waals surface area contributed by atoms with Gasteiger partial charge in [0.05, 0.1) is 18.2 Å². The summed E-state index contributed by atoms with van der Waals surface area (Å²) in [6.45, 7) is 0.627. The minimum Gasteiger partial charge on any atom is -0.356 e. The lowest BCUT2D eigenvalue weighted by Crippen LogP contribution is -2.39. The van der Waals surface area contributed by atoms with Gasteiger partial charge in [0.15, 0.2) is 0 Å². The second-order valence-electron chi connectivity index (χ2n) is 9.37. The number of hydrogen-bond acceptors (Lipinski definition) is 5. The Bertz CT molecular complexity index is 1420. The fourth-order valence-corrected chi connectivity index (χ4v) is 4.62. The molecule has 0 unspecified atom stereocenters. The van der Waals surface area contributed by atoms with Crippen LogP contribution in [0.25, 0.3) is 27.7 Å². The molecule has 1 aromatic carbocycles. The van der Waals surface area contributed by atoms with Crippen molar-refractivity contribution in [3.63, 3.8) is 0 Å². The molecular weight excluding hydrogens is 446 g/mol. The molecule has 4 heterocycles. The van der Waals surface area contributed by atoms with Gasteiger partial charge in [-0.05, 0) is 48.1 Å². The lowest BCUT2D eigenvalue weighted by molar-refractivity contribution is -0.0221. The largest absolute Gasteiger partial charge is 0.356 e. The molecule has 4 aromatic rings. The van der Waals surface area contributed by atoms with Gasteiger partial charge in [0.2, 0.25) is 0 Å². The van der Waals surface area contributed by atoms with Gasteiger partial charge in [-0.1, -0.05) is 12.1 Å². The number of halogens is 2. The lowest BCUT2D eigenvalue weighted by atomic mass is 10.1. The molecule has 1 aliphatic heterocycles. The fourth-order valence-electron chi connectivity index (χ4n) is 4.62. The van der Waals surface area contributed by atoms with Gasteiger partial charge in [-0.3, -0.25) is 0 Å². The highest BCUT2D eigenvalue weighted by molar-refractivity contribution is 5.90. The minimum atomic E-state index is -2.57. The zero-order chi connectivity index (χ0) is 24.0. The van der Waals surface area contributed by atoms with Crippen LogP contribution in [0.5, 0.6) is 0 Å². The highest BCUT2D eigenvalue weighted by atomic mass is 19.3. The topological polar surface area (TPSA) is 58.9 Å². The first-order valence-corrected chi connectivity index (χ1v) is 11.9. The molecule has 0 amide bonds. The van der Waals surface area contributed by atoms with E-state index in [0.29, 0.717) is 13.1 Å². The maximum absolute atomic E-state index is 13.6. The second kappa shape index (κ2) is 8.45. The number of fused-ring (bicyclic) bond motifs is 1. The monoisotopic (exact) mass is 472 g/mol. The predicted molar refractivity (Wildman–Crippen MR) is 134 cm³/mol. The Labute approximate surface area is 202 Å². The number of rotatable bonds is 5. The van der Waals surface area contributed by atoms with Crippen LogP contribution in [0.4, 0.5) is 20.4 Å². The lowest BCUT2D eigenvalue weighted by Gasteiger charge is -2.32. The molecule has 0 atom stereocenters. The third-order valence-corrected chi connectivity index (χ3v) is 6.79. The van der Waals surface area contributed by atoms with Gasteiger partial charge < -0.3 is 14.8 Å². The molecule has 0 radical (unpaired) electrons. The molecule has 178 valence electrons. The Morgan fingerprint density at radius 1 is 0.971 bits per heavy atom. The number of nitrogens with one attached hydrogen (secondary N) is 1. The third-order valence-electron chi connectivity index (χ3n) is 6.79. The van der Waals surface area contributed by atoms with Gasteiger partial charge >= 0.3 is 0 Å². The molecule has 8 heteroatoms. The van der Waals surface area contributed by atoms with Crippen molar-refractivity contribution in [1.29, 1.82) is 0 Å². The highest BCUT2D eigenvalue weighted by Gasteiger charge is 2.34. The molecule has 1 saturated carbocycles. The number of imidazole rings is 1. The summed E-state index contributed by atoms with van der Waals surface area (Å²) in [7, 11) is 1.98. The number of pyridine rings is 2. The van der Waals surface area contributed by atoms with Gasteiger partial charge in [-0.25, -0.2) is 23.7 Å². The predicted octanol–water partition coefficient (Wildman–Crippen LogP) is 5.88. The van der Waals surface area contributed by atoms with Gasteiger partial charge in [-0.15, -0.1) is 0 Å². The van der Waals surface area contributed by atoms with Gasteiger partial charge in [0.1, 0.15) is 11.6 Å². The fraction of sp³-hybridized carbons (Fsp3) is 0.296. The number of piperidine rings is 1. The molecule has 0 bridgehead atoms. The zero-order valence-electron chi connectivity index (χ0n) is 19.5. The Kier molecular flexibility index (Phi) is 5.24. The summed E-state index contributed by atoms with van der Waals surface area (Å²) in [6.07, 6.45) is 9.11. The first-order chi connectivity index (χ1) is 16.9. The molecule has 2 aliphatic rings. The van der Waals surface area contributed by atoms with E-state index in [0.717, 1.165) is 57.8 Å². The van der Waals surface area contributed by atoms with Crippen LogP contribution in [-0.2, 0) is 7.05 Å². The summed E-state index contributed by atoms with van der Waals surface area (Å²) in [4.78, 5) is 15.3. The molecule has 2 fully saturated rings. The van der Waals surface area contributed by atoms with Crippen LogP contribution >= 0.6 is 0 Å². The number of alkyl halides is 2. The molecule has 0 spiro atoms. The summed E-state index contributed by atoms with van der Waals surface area (Å²) in [5.41, 5.74) is 5.52. The molecule has 6 rings (SSSR count). The summed E-state index contributed by atoms with van der Waals surface area (Å²) < 4.78 is 29.2. The summed E-state index contributed by atoms with van der Waals surface area (Å²) in [5, 5.41) is 5.70. The summed E-state index contributed by atoms with van der Waals surface area (Å²) in [6, 6.07) is 12.3. The van der Waals surface area contributed by atoms with Crippen molar-refractivity contribution in [2.45, 2.75) is 31.6 Å². The number of aryl methyl sites for hydroxylation is 1. The van der Waals surface area contributed by atoms with E-state index in [1.807, 2.05) is 41.0 Å². The normalized spacial score (nSPS) is 17.0. The van der Waals surface area contributed by atoms with E-state index in [1.54, 1.807) is 12.5 Å². The molecular formula is C27H26F2N6. The number of benzene rings is 1. The van der Waals surface area contributed by atoms with Gasteiger partial charge in [0, 0.05) is 67.6 Å². The standard InChI is InChI=1S/C27H26F2N6/c1-34-17-30-16-23(34)19-4-5-21-15-32-24(13-22(21)12-19)33-26(18-2-3-18)20-6-9-31-25(14-20)35-10-7-27(28,29)8-11-35/h4-6,9,12-17H,2-3,7-8,10-11H2,1H3,(H,32,33). The van der Waals surface area contributed by atoms with Crippen molar-refractivity contribution >= 4 is 28.1 Å². The van der Waals surface area contributed by atoms with Gasteiger partial charge in [0.25, 0.3) is 5.92 Å². The van der Waals surface area contributed by atoms with Crippen molar-refractivity contribution < 1.29 is 8.78 Å². The van der Waals surface area contributed by atoms with Crippen LogP contribution in [0.15, 0.2) is 66.9 Å². The van der Waals surface area contributed by atoms with E-state index < -0.39 is 5.92 Å². The Morgan fingerprint density at radius 2 is 1.80 bits per heavy atom. The maximum atomic E-state index is 13.6.